The third-order valence-electron chi connectivity index (χ3n) is 7.50. The highest BCUT2D eigenvalue weighted by Gasteiger charge is 2.39. The number of aromatic nitrogens is 3. The molecule has 40 heavy (non-hydrogen) atoms. The maximum absolute atomic E-state index is 12.5. The molecule has 3 saturated heterocycles. The van der Waals surface area contributed by atoms with Crippen LogP contribution in [-0.4, -0.2) is 83.2 Å². The lowest BCUT2D eigenvalue weighted by Gasteiger charge is -2.36. The summed E-state index contributed by atoms with van der Waals surface area (Å²) in [6, 6.07) is 13.5. The number of fused-ring (bicyclic) bond motifs is 2. The number of nitrogens with one attached hydrogen (secondary N) is 2. The fourth-order valence-electron chi connectivity index (χ4n) is 5.40. The molecule has 0 spiro atoms. The Morgan fingerprint density at radius 3 is 2.10 bits per heavy atom. The van der Waals surface area contributed by atoms with Gasteiger partial charge < -0.3 is 35.0 Å². The van der Waals surface area contributed by atoms with Crippen molar-refractivity contribution in [2.75, 3.05) is 53.4 Å². The number of hydrogen-bond acceptors (Lipinski definition) is 9. The van der Waals surface area contributed by atoms with Crippen molar-refractivity contribution in [3.8, 4) is 11.4 Å². The summed E-state index contributed by atoms with van der Waals surface area (Å²) < 4.78 is 11.4. The van der Waals surface area contributed by atoms with E-state index in [-0.39, 0.29) is 23.7 Å². The Morgan fingerprint density at radius 1 is 0.850 bits per heavy atom. The predicted molar refractivity (Wildman–Crippen MR) is 149 cm³/mol. The van der Waals surface area contributed by atoms with Gasteiger partial charge in [0, 0.05) is 23.5 Å². The van der Waals surface area contributed by atoms with E-state index in [4.69, 9.17) is 29.5 Å². The first kappa shape index (κ1) is 26.0. The number of aromatic carboxylic acids is 1. The maximum atomic E-state index is 12.5. The van der Waals surface area contributed by atoms with E-state index in [9.17, 15) is 9.59 Å². The Hall–Kier alpha value is -4.29. The van der Waals surface area contributed by atoms with Gasteiger partial charge in [0.2, 0.25) is 11.9 Å². The first-order valence-corrected chi connectivity index (χ1v) is 13.4. The van der Waals surface area contributed by atoms with E-state index >= 15 is 0 Å². The molecule has 12 heteroatoms. The van der Waals surface area contributed by atoms with Crippen molar-refractivity contribution in [2.45, 2.75) is 37.9 Å². The van der Waals surface area contributed by atoms with Gasteiger partial charge in [-0.05, 0) is 68.3 Å². The fourth-order valence-corrected chi connectivity index (χ4v) is 5.40. The van der Waals surface area contributed by atoms with E-state index in [2.05, 4.69) is 27.4 Å². The Bertz CT molecular complexity index is 1370. The third-order valence-corrected chi connectivity index (χ3v) is 7.50. The third kappa shape index (κ3) is 5.40. The largest absolute Gasteiger partial charge is 0.478 e. The second kappa shape index (κ2) is 11.1. The van der Waals surface area contributed by atoms with Crippen LogP contribution >= 0.6 is 0 Å². The number of benzene rings is 2. The normalized spacial score (nSPS) is 22.2. The Balaban J connectivity index is 1.22. The lowest BCUT2D eigenvalue weighted by molar-refractivity contribution is 0.0697. The van der Waals surface area contributed by atoms with E-state index in [1.165, 1.54) is 24.3 Å². The Labute approximate surface area is 231 Å². The van der Waals surface area contributed by atoms with Crippen LogP contribution < -0.4 is 20.4 Å². The number of nitrogens with zero attached hydrogens (tertiary/aromatic N) is 5. The van der Waals surface area contributed by atoms with Crippen molar-refractivity contribution in [1.82, 2.24) is 15.0 Å². The van der Waals surface area contributed by atoms with Crippen molar-refractivity contribution in [1.29, 1.82) is 0 Å². The summed E-state index contributed by atoms with van der Waals surface area (Å²) in [6.45, 7) is 5.39. The molecule has 0 saturated carbocycles. The Morgan fingerprint density at radius 2 is 1.48 bits per heavy atom. The van der Waals surface area contributed by atoms with Gasteiger partial charge in [0.25, 0.3) is 0 Å². The number of anilines is 4. The van der Waals surface area contributed by atoms with Gasteiger partial charge in [0.1, 0.15) is 0 Å². The summed E-state index contributed by atoms with van der Waals surface area (Å²) in [5.74, 6) is 0.853. The minimum atomic E-state index is -1.02. The topological polar surface area (TPSA) is 142 Å². The van der Waals surface area contributed by atoms with Crippen LogP contribution in [-0.2, 0) is 9.47 Å². The van der Waals surface area contributed by atoms with Gasteiger partial charge >= 0.3 is 12.0 Å². The number of urea groups is 1. The molecule has 1 aromatic heterocycles. The van der Waals surface area contributed by atoms with Crippen LogP contribution in [0.1, 0.15) is 30.1 Å². The average Bonchev–Trinajstić information content (AvgIpc) is 3.21. The van der Waals surface area contributed by atoms with E-state index in [1.807, 2.05) is 12.1 Å². The minimum Gasteiger partial charge on any atom is -0.478 e. The molecule has 0 radical (unpaired) electrons. The van der Waals surface area contributed by atoms with Crippen LogP contribution in [0.4, 0.5) is 28.1 Å². The number of rotatable bonds is 6. The van der Waals surface area contributed by atoms with Gasteiger partial charge in [0.15, 0.2) is 5.82 Å². The molecule has 3 N–H and O–H groups in total. The van der Waals surface area contributed by atoms with Gasteiger partial charge in [-0.25, -0.2) is 9.59 Å². The van der Waals surface area contributed by atoms with E-state index < -0.39 is 12.0 Å². The first-order valence-electron chi connectivity index (χ1n) is 13.4. The molecule has 0 aliphatic carbocycles. The molecule has 208 valence electrons. The summed E-state index contributed by atoms with van der Waals surface area (Å²) in [7, 11) is 0. The van der Waals surface area contributed by atoms with Crippen LogP contribution in [0.25, 0.3) is 11.4 Å². The molecule has 12 nitrogen and oxygen atoms in total. The monoisotopic (exact) mass is 545 g/mol. The molecule has 2 aromatic carbocycles. The van der Waals surface area contributed by atoms with Gasteiger partial charge in [-0.15, -0.1) is 0 Å². The molecular weight excluding hydrogens is 514 g/mol. The number of carbonyl (C=O) groups is 2. The standard InChI is InChI=1S/C28H31N7O5/c1-17-14-39-13-12-34(17)26-31-24(32-27(33-26)35-22-10-11-23(35)16-40-15-22)18-2-6-20(7-3-18)29-28(38)30-21-8-4-19(5-9-21)25(36)37/h2-9,17,22-23H,10-16H2,1H3,(H,36,37)(H2,29,30,38)/t17-,22?,23?/m0/s1. The number of carbonyl (C=O) groups excluding carboxylic acids is 1. The summed E-state index contributed by atoms with van der Waals surface area (Å²) in [4.78, 5) is 42.7. The molecule has 3 aromatic rings. The molecule has 2 unspecified atom stereocenters. The average molecular weight is 546 g/mol. The number of carboxylic acid groups (broad SMARTS) is 1. The zero-order valence-corrected chi connectivity index (χ0v) is 22.1. The highest BCUT2D eigenvalue weighted by Crippen LogP contribution is 2.34. The fraction of sp³-hybridized carbons (Fsp3) is 0.393. The highest BCUT2D eigenvalue weighted by molar-refractivity contribution is 6.00. The van der Waals surface area contributed by atoms with Crippen molar-refractivity contribution in [3.05, 3.63) is 54.1 Å². The number of amides is 2. The molecule has 3 fully saturated rings. The lowest BCUT2D eigenvalue weighted by atomic mass is 10.2. The van der Waals surface area contributed by atoms with Gasteiger partial charge in [-0.1, -0.05) is 0 Å². The predicted octanol–water partition coefficient (Wildman–Crippen LogP) is 3.47. The number of carboxylic acids is 1. The summed E-state index contributed by atoms with van der Waals surface area (Å²) >= 11 is 0. The number of ether oxygens (including phenoxy) is 2. The van der Waals surface area contributed by atoms with Crippen molar-refractivity contribution in [2.24, 2.45) is 0 Å². The molecule has 3 aliphatic rings. The zero-order chi connectivity index (χ0) is 27.6. The molecule has 3 aliphatic heterocycles. The summed E-state index contributed by atoms with van der Waals surface area (Å²) in [6.07, 6.45) is 2.11. The molecule has 2 bridgehead atoms. The van der Waals surface area contributed by atoms with Crippen LogP contribution in [0.3, 0.4) is 0 Å². The minimum absolute atomic E-state index is 0.142. The van der Waals surface area contributed by atoms with Crippen molar-refractivity contribution >= 4 is 35.3 Å². The summed E-state index contributed by atoms with van der Waals surface area (Å²) in [5.41, 5.74) is 2.03. The quantitative estimate of drug-likeness (QED) is 0.421. The summed E-state index contributed by atoms with van der Waals surface area (Å²) in [5, 5.41) is 14.5. The van der Waals surface area contributed by atoms with Crippen molar-refractivity contribution < 1.29 is 24.2 Å². The first-order chi connectivity index (χ1) is 19.4. The lowest BCUT2D eigenvalue weighted by Crippen LogP contribution is -2.48. The van der Waals surface area contributed by atoms with E-state index in [0.717, 1.165) is 18.4 Å². The SMILES string of the molecule is C[C@H]1COCCN1c1nc(-c2ccc(NC(=O)Nc3ccc(C(=O)O)cc3)cc2)nc(N2C3CCC2COC3)n1. The van der Waals surface area contributed by atoms with Gasteiger partial charge in [-0.3, -0.25) is 0 Å². The number of morpholine rings is 2. The molecule has 6 rings (SSSR count). The molecule has 4 heterocycles. The molecule has 2 amide bonds. The second-order valence-electron chi connectivity index (χ2n) is 10.2. The van der Waals surface area contributed by atoms with E-state index in [0.29, 0.717) is 62.1 Å². The van der Waals surface area contributed by atoms with Crippen LogP contribution in [0, 0.1) is 0 Å². The zero-order valence-electron chi connectivity index (χ0n) is 22.1. The second-order valence-corrected chi connectivity index (χ2v) is 10.2. The van der Waals surface area contributed by atoms with Crippen LogP contribution in [0.5, 0.6) is 0 Å². The van der Waals surface area contributed by atoms with Crippen LogP contribution in [0.15, 0.2) is 48.5 Å². The molecular formula is C28H31N7O5. The maximum Gasteiger partial charge on any atom is 0.335 e. The Kier molecular flexibility index (Phi) is 7.18. The van der Waals surface area contributed by atoms with Crippen molar-refractivity contribution in [3.63, 3.8) is 0 Å². The smallest absolute Gasteiger partial charge is 0.335 e. The van der Waals surface area contributed by atoms with E-state index in [1.54, 1.807) is 12.1 Å². The number of hydrogen-bond donors (Lipinski definition) is 3. The molecule has 3 atom stereocenters. The van der Waals surface area contributed by atoms with Gasteiger partial charge in [0.05, 0.1) is 50.1 Å². The highest BCUT2D eigenvalue weighted by atomic mass is 16.5. The van der Waals surface area contributed by atoms with Gasteiger partial charge in [-0.2, -0.15) is 15.0 Å². The van der Waals surface area contributed by atoms with Crippen LogP contribution in [0.2, 0.25) is 0 Å².